The highest BCUT2D eigenvalue weighted by atomic mass is 32.1. The van der Waals surface area contributed by atoms with Gasteiger partial charge in [-0.25, -0.2) is 9.97 Å². The summed E-state index contributed by atoms with van der Waals surface area (Å²) >= 11 is 1.58. The Hall–Kier alpha value is -2.26. The fourth-order valence-corrected chi connectivity index (χ4v) is 6.93. The molecule has 1 unspecified atom stereocenters. The van der Waals surface area contributed by atoms with Gasteiger partial charge in [0.15, 0.2) is 0 Å². The largest absolute Gasteiger partial charge is 0.348 e. The lowest BCUT2D eigenvalue weighted by atomic mass is 9.95. The molecule has 3 aliphatic heterocycles. The van der Waals surface area contributed by atoms with Gasteiger partial charge in [0.1, 0.15) is 5.82 Å². The normalized spacial score (nSPS) is 25.7. The lowest BCUT2D eigenvalue weighted by Gasteiger charge is -2.41. The van der Waals surface area contributed by atoms with Crippen molar-refractivity contribution in [1.29, 1.82) is 0 Å². The van der Waals surface area contributed by atoms with E-state index in [2.05, 4.69) is 26.7 Å². The van der Waals surface area contributed by atoms with E-state index in [1.807, 2.05) is 15.8 Å². The molecular weight excluding hydrogens is 436 g/mol. The van der Waals surface area contributed by atoms with Crippen molar-refractivity contribution < 1.29 is 9.59 Å². The molecule has 2 saturated heterocycles. The Bertz CT molecular complexity index is 1000. The van der Waals surface area contributed by atoms with E-state index in [0.717, 1.165) is 56.0 Å². The molecule has 2 aromatic heterocycles. The van der Waals surface area contributed by atoms with Crippen molar-refractivity contribution in [3.63, 3.8) is 0 Å². The Balaban J connectivity index is 1.27. The summed E-state index contributed by atoms with van der Waals surface area (Å²) in [6.45, 7) is 7.77. The first-order chi connectivity index (χ1) is 15.9. The standard InChI is InChI=1S/C24H34N6O2S/c1-15-26-22-12-28(17(3)32)8-7-24(22)30(15)20-10-18-4-5-19(11-20)29(18)9-6-21(27-16(2)31)23-13-33-14-25-23/h13-14,18-21H,4-12H2,1-3H3,(H,27,31)/t18-,19+,20?,21-/m0/s1. The maximum Gasteiger partial charge on any atom is 0.219 e. The molecule has 2 bridgehead atoms. The van der Waals surface area contributed by atoms with Gasteiger partial charge in [0.25, 0.3) is 0 Å². The van der Waals surface area contributed by atoms with Crippen molar-refractivity contribution in [1.82, 2.24) is 29.7 Å². The van der Waals surface area contributed by atoms with Gasteiger partial charge in [0.2, 0.25) is 11.8 Å². The van der Waals surface area contributed by atoms with Crippen molar-refractivity contribution in [3.8, 4) is 0 Å². The summed E-state index contributed by atoms with van der Waals surface area (Å²) in [5, 5.41) is 5.14. The van der Waals surface area contributed by atoms with Crippen molar-refractivity contribution in [2.24, 2.45) is 0 Å². The molecule has 2 fully saturated rings. The predicted octanol–water partition coefficient (Wildman–Crippen LogP) is 2.99. The molecule has 2 amide bonds. The van der Waals surface area contributed by atoms with Gasteiger partial charge in [-0.2, -0.15) is 0 Å². The second kappa shape index (κ2) is 9.18. The molecule has 0 radical (unpaired) electrons. The zero-order chi connectivity index (χ0) is 23.1. The molecule has 0 spiro atoms. The van der Waals surface area contributed by atoms with Crippen molar-refractivity contribution in [3.05, 3.63) is 33.8 Å². The lowest BCUT2D eigenvalue weighted by molar-refractivity contribution is -0.129. The summed E-state index contributed by atoms with van der Waals surface area (Å²) in [6.07, 6.45) is 6.59. The average Bonchev–Trinajstić information content (AvgIpc) is 3.46. The van der Waals surface area contributed by atoms with Crippen LogP contribution in [-0.2, 0) is 22.6 Å². The molecule has 0 aromatic carbocycles. The summed E-state index contributed by atoms with van der Waals surface area (Å²) in [7, 11) is 0. The highest BCUT2D eigenvalue weighted by Gasteiger charge is 2.42. The SMILES string of the molecule is CC(=O)N[C@@H](CCN1[C@@H]2CC[C@H]1CC(n1c(C)nc3c1CCN(C(C)=O)C3)C2)c1cscn1. The highest BCUT2D eigenvalue weighted by molar-refractivity contribution is 7.07. The second-order valence-electron chi connectivity index (χ2n) is 9.82. The van der Waals surface area contributed by atoms with Crippen LogP contribution in [0.25, 0.3) is 0 Å². The number of rotatable bonds is 6. The molecule has 4 atom stereocenters. The lowest BCUT2D eigenvalue weighted by Crippen LogP contribution is -2.45. The highest BCUT2D eigenvalue weighted by Crippen LogP contribution is 2.42. The van der Waals surface area contributed by atoms with Crippen LogP contribution < -0.4 is 5.32 Å². The predicted molar refractivity (Wildman–Crippen MR) is 127 cm³/mol. The maximum atomic E-state index is 11.8. The van der Waals surface area contributed by atoms with E-state index in [1.165, 1.54) is 18.5 Å². The van der Waals surface area contributed by atoms with Crippen LogP contribution in [0.3, 0.4) is 0 Å². The third kappa shape index (κ3) is 4.45. The molecule has 1 N–H and O–H groups in total. The zero-order valence-electron chi connectivity index (χ0n) is 19.8. The number of nitrogens with one attached hydrogen (secondary N) is 1. The minimum absolute atomic E-state index is 0.00150. The molecule has 5 heterocycles. The van der Waals surface area contributed by atoms with E-state index in [1.54, 1.807) is 25.2 Å². The van der Waals surface area contributed by atoms with Gasteiger partial charge in [-0.15, -0.1) is 11.3 Å². The molecule has 3 aliphatic rings. The molecular formula is C24H34N6O2S. The molecule has 9 heteroatoms. The number of piperidine rings is 1. The Morgan fingerprint density at radius 1 is 1.21 bits per heavy atom. The van der Waals surface area contributed by atoms with E-state index >= 15 is 0 Å². The van der Waals surface area contributed by atoms with Crippen LogP contribution in [0.2, 0.25) is 0 Å². The monoisotopic (exact) mass is 470 g/mol. The van der Waals surface area contributed by atoms with Gasteiger partial charge >= 0.3 is 0 Å². The Morgan fingerprint density at radius 3 is 2.61 bits per heavy atom. The van der Waals surface area contributed by atoms with Gasteiger partial charge in [-0.05, 0) is 39.0 Å². The van der Waals surface area contributed by atoms with Crippen molar-refractivity contribution >= 4 is 23.2 Å². The second-order valence-corrected chi connectivity index (χ2v) is 10.5. The first kappa shape index (κ1) is 22.5. The van der Waals surface area contributed by atoms with Crippen LogP contribution >= 0.6 is 11.3 Å². The summed E-state index contributed by atoms with van der Waals surface area (Å²) in [6, 6.07) is 1.63. The fourth-order valence-electron chi connectivity index (χ4n) is 6.33. The minimum atomic E-state index is -0.0157. The fraction of sp³-hybridized carbons (Fsp3) is 0.667. The van der Waals surface area contributed by atoms with Gasteiger partial charge < -0.3 is 14.8 Å². The third-order valence-electron chi connectivity index (χ3n) is 7.76. The number of amides is 2. The summed E-state index contributed by atoms with van der Waals surface area (Å²) in [5.41, 5.74) is 5.24. The number of fused-ring (bicyclic) bond motifs is 3. The van der Waals surface area contributed by atoms with Crippen LogP contribution in [0.15, 0.2) is 10.9 Å². The smallest absolute Gasteiger partial charge is 0.219 e. The van der Waals surface area contributed by atoms with Crippen molar-refractivity contribution in [2.75, 3.05) is 13.1 Å². The Labute approximate surface area is 199 Å². The van der Waals surface area contributed by atoms with E-state index in [-0.39, 0.29) is 17.9 Å². The number of carbonyl (C=O) groups is 2. The Morgan fingerprint density at radius 2 is 1.97 bits per heavy atom. The Kier molecular flexibility index (Phi) is 6.26. The van der Waals surface area contributed by atoms with Gasteiger partial charge in [-0.1, -0.05) is 0 Å². The van der Waals surface area contributed by atoms with E-state index in [0.29, 0.717) is 24.7 Å². The number of thiazole rings is 1. The summed E-state index contributed by atoms with van der Waals surface area (Å²) < 4.78 is 2.50. The summed E-state index contributed by atoms with van der Waals surface area (Å²) in [4.78, 5) is 37.5. The molecule has 5 rings (SSSR count). The maximum absolute atomic E-state index is 11.8. The number of carbonyl (C=O) groups excluding carboxylic acids is 2. The minimum Gasteiger partial charge on any atom is -0.348 e. The van der Waals surface area contributed by atoms with E-state index in [4.69, 9.17) is 4.98 Å². The van der Waals surface area contributed by atoms with Gasteiger partial charge in [0, 0.05) is 62.6 Å². The zero-order valence-corrected chi connectivity index (χ0v) is 20.6. The third-order valence-corrected chi connectivity index (χ3v) is 8.36. The quantitative estimate of drug-likeness (QED) is 0.702. The molecule has 8 nitrogen and oxygen atoms in total. The van der Waals surface area contributed by atoms with Crippen LogP contribution in [0.4, 0.5) is 0 Å². The topological polar surface area (TPSA) is 83.4 Å². The number of imidazole rings is 1. The van der Waals surface area contributed by atoms with Gasteiger partial charge in [0.05, 0.1) is 29.5 Å². The number of hydrogen-bond donors (Lipinski definition) is 1. The van der Waals surface area contributed by atoms with E-state index in [9.17, 15) is 9.59 Å². The van der Waals surface area contributed by atoms with Crippen LogP contribution in [-0.4, -0.2) is 61.3 Å². The molecule has 33 heavy (non-hydrogen) atoms. The van der Waals surface area contributed by atoms with Crippen LogP contribution in [0, 0.1) is 6.92 Å². The molecule has 0 aliphatic carbocycles. The summed E-state index contributed by atoms with van der Waals surface area (Å²) in [5.74, 6) is 1.23. The van der Waals surface area contributed by atoms with Crippen molar-refractivity contribution in [2.45, 2.75) is 90.0 Å². The molecule has 0 saturated carbocycles. The number of nitrogens with zero attached hydrogens (tertiary/aromatic N) is 5. The number of hydrogen-bond acceptors (Lipinski definition) is 6. The first-order valence-electron chi connectivity index (χ1n) is 12.1. The van der Waals surface area contributed by atoms with E-state index < -0.39 is 0 Å². The van der Waals surface area contributed by atoms with Gasteiger partial charge in [-0.3, -0.25) is 14.5 Å². The van der Waals surface area contributed by atoms with Crippen LogP contribution in [0.1, 0.15) is 80.9 Å². The number of aryl methyl sites for hydroxylation is 1. The first-order valence-corrected chi connectivity index (χ1v) is 13.1. The molecule has 178 valence electrons. The number of aromatic nitrogens is 3. The average molecular weight is 471 g/mol. The molecule has 2 aromatic rings. The van der Waals surface area contributed by atoms with Crippen LogP contribution in [0.5, 0.6) is 0 Å².